The summed E-state index contributed by atoms with van der Waals surface area (Å²) in [7, 11) is 0. The largest absolute Gasteiger partial charge is 0.342 e. The molecule has 2 saturated heterocycles. The van der Waals surface area contributed by atoms with Crippen molar-refractivity contribution in [3.63, 3.8) is 0 Å². The molecule has 1 atom stereocenters. The van der Waals surface area contributed by atoms with Crippen LogP contribution in [0.15, 0.2) is 59.1 Å². The van der Waals surface area contributed by atoms with Crippen molar-refractivity contribution in [2.45, 2.75) is 32.1 Å². The number of amides is 2. The maximum Gasteiger partial charge on any atom is 0.230 e. The SMILES string of the molecule is Cc1ccc(N2C[C@H](C(=O)N3CCC(c4nc(-c5ccccc5)no4)CC3)CC2=O)cc1. The zero-order chi connectivity index (χ0) is 22.1. The maximum atomic E-state index is 13.1. The Hall–Kier alpha value is -3.48. The molecule has 32 heavy (non-hydrogen) atoms. The van der Waals surface area contributed by atoms with Crippen LogP contribution >= 0.6 is 0 Å². The molecule has 0 N–H and O–H groups in total. The maximum absolute atomic E-state index is 13.1. The highest BCUT2D eigenvalue weighted by atomic mass is 16.5. The van der Waals surface area contributed by atoms with Crippen LogP contribution in [-0.4, -0.2) is 46.5 Å². The van der Waals surface area contributed by atoms with E-state index in [4.69, 9.17) is 4.52 Å². The smallest absolute Gasteiger partial charge is 0.230 e. The highest BCUT2D eigenvalue weighted by Crippen LogP contribution is 2.31. The van der Waals surface area contributed by atoms with Crippen LogP contribution in [0, 0.1) is 12.8 Å². The Morgan fingerprint density at radius 3 is 2.47 bits per heavy atom. The number of aryl methyl sites for hydroxylation is 1. The molecule has 1 aromatic heterocycles. The van der Waals surface area contributed by atoms with Gasteiger partial charge in [0.1, 0.15) is 0 Å². The average molecular weight is 431 g/mol. The lowest BCUT2D eigenvalue weighted by atomic mass is 9.95. The molecule has 7 heteroatoms. The lowest BCUT2D eigenvalue weighted by molar-refractivity contribution is -0.136. The Balaban J connectivity index is 1.19. The fourth-order valence-corrected chi connectivity index (χ4v) is 4.56. The van der Waals surface area contributed by atoms with Crippen molar-refractivity contribution in [2.24, 2.45) is 5.92 Å². The molecular formula is C25H26N4O3. The van der Waals surface area contributed by atoms with Gasteiger partial charge < -0.3 is 14.3 Å². The Bertz CT molecular complexity index is 1100. The van der Waals surface area contributed by atoms with E-state index in [9.17, 15) is 9.59 Å². The second-order valence-corrected chi connectivity index (χ2v) is 8.66. The topological polar surface area (TPSA) is 79.5 Å². The van der Waals surface area contributed by atoms with E-state index in [0.29, 0.717) is 31.3 Å². The fraction of sp³-hybridized carbons (Fsp3) is 0.360. The number of carbonyl (C=O) groups excluding carboxylic acids is 2. The van der Waals surface area contributed by atoms with Crippen LogP contribution < -0.4 is 4.90 Å². The lowest BCUT2D eigenvalue weighted by Gasteiger charge is -2.32. The summed E-state index contributed by atoms with van der Waals surface area (Å²) in [5.74, 6) is 1.19. The summed E-state index contributed by atoms with van der Waals surface area (Å²) in [6.07, 6.45) is 1.84. The third kappa shape index (κ3) is 4.02. The second kappa shape index (κ2) is 8.57. The molecule has 2 amide bonds. The van der Waals surface area contributed by atoms with Crippen molar-refractivity contribution in [1.29, 1.82) is 0 Å². The van der Waals surface area contributed by atoms with Gasteiger partial charge in [-0.05, 0) is 31.9 Å². The predicted molar refractivity (Wildman–Crippen MR) is 120 cm³/mol. The van der Waals surface area contributed by atoms with Crippen LogP contribution in [0.3, 0.4) is 0 Å². The third-order valence-electron chi connectivity index (χ3n) is 6.45. The van der Waals surface area contributed by atoms with Gasteiger partial charge in [-0.2, -0.15) is 4.98 Å². The van der Waals surface area contributed by atoms with Crippen molar-refractivity contribution in [3.8, 4) is 11.4 Å². The molecule has 2 fully saturated rings. The van der Waals surface area contributed by atoms with Crippen LogP contribution in [0.1, 0.15) is 36.6 Å². The zero-order valence-corrected chi connectivity index (χ0v) is 18.1. The van der Waals surface area contributed by atoms with Crippen LogP contribution in [0.25, 0.3) is 11.4 Å². The molecule has 0 bridgehead atoms. The fourth-order valence-electron chi connectivity index (χ4n) is 4.56. The van der Waals surface area contributed by atoms with Crippen LogP contribution in [0.4, 0.5) is 5.69 Å². The molecule has 2 aliphatic heterocycles. The van der Waals surface area contributed by atoms with E-state index in [2.05, 4.69) is 10.1 Å². The molecule has 0 saturated carbocycles. The van der Waals surface area contributed by atoms with Gasteiger partial charge in [0.2, 0.25) is 23.5 Å². The van der Waals surface area contributed by atoms with E-state index < -0.39 is 0 Å². The average Bonchev–Trinajstić information content (AvgIpc) is 3.47. The van der Waals surface area contributed by atoms with E-state index in [-0.39, 0.29) is 30.1 Å². The summed E-state index contributed by atoms with van der Waals surface area (Å²) >= 11 is 0. The van der Waals surface area contributed by atoms with Crippen molar-refractivity contribution >= 4 is 17.5 Å². The number of hydrogen-bond donors (Lipinski definition) is 0. The van der Waals surface area contributed by atoms with Gasteiger partial charge >= 0.3 is 0 Å². The summed E-state index contributed by atoms with van der Waals surface area (Å²) in [6.45, 7) is 3.75. The van der Waals surface area contributed by atoms with Gasteiger partial charge in [0.15, 0.2) is 0 Å². The number of rotatable bonds is 4. The second-order valence-electron chi connectivity index (χ2n) is 8.66. The van der Waals surface area contributed by atoms with Gasteiger partial charge in [0, 0.05) is 43.2 Å². The molecular weight excluding hydrogens is 404 g/mol. The van der Waals surface area contributed by atoms with Crippen LogP contribution in [0.5, 0.6) is 0 Å². The van der Waals surface area contributed by atoms with Gasteiger partial charge in [0.05, 0.1) is 5.92 Å². The molecule has 3 aromatic rings. The molecule has 2 aliphatic rings. The highest BCUT2D eigenvalue weighted by molar-refractivity contribution is 6.00. The number of anilines is 1. The Morgan fingerprint density at radius 1 is 1.03 bits per heavy atom. The van der Waals surface area contributed by atoms with E-state index in [0.717, 1.165) is 29.7 Å². The first-order chi connectivity index (χ1) is 15.6. The summed E-state index contributed by atoms with van der Waals surface area (Å²) in [4.78, 5) is 33.8. The molecule has 2 aromatic carbocycles. The Kier molecular flexibility index (Phi) is 5.47. The first-order valence-electron chi connectivity index (χ1n) is 11.1. The number of nitrogens with zero attached hydrogens (tertiary/aromatic N) is 4. The zero-order valence-electron chi connectivity index (χ0n) is 18.1. The quantitative estimate of drug-likeness (QED) is 0.629. The molecule has 0 spiro atoms. The van der Waals surface area contributed by atoms with Gasteiger partial charge in [-0.15, -0.1) is 0 Å². The highest BCUT2D eigenvalue weighted by Gasteiger charge is 2.38. The van der Waals surface area contributed by atoms with E-state index >= 15 is 0 Å². The third-order valence-corrected chi connectivity index (χ3v) is 6.45. The van der Waals surface area contributed by atoms with Gasteiger partial charge in [-0.25, -0.2) is 0 Å². The van der Waals surface area contributed by atoms with Crippen molar-refractivity contribution in [1.82, 2.24) is 15.0 Å². The minimum atomic E-state index is -0.284. The minimum Gasteiger partial charge on any atom is -0.342 e. The van der Waals surface area contributed by atoms with E-state index in [1.165, 1.54) is 0 Å². The summed E-state index contributed by atoms with van der Waals surface area (Å²) in [5, 5.41) is 4.12. The molecule has 3 heterocycles. The van der Waals surface area contributed by atoms with Gasteiger partial charge in [-0.1, -0.05) is 53.2 Å². The van der Waals surface area contributed by atoms with Crippen molar-refractivity contribution in [3.05, 3.63) is 66.1 Å². The molecule has 5 rings (SSSR count). The number of benzene rings is 2. The number of aromatic nitrogens is 2. The minimum absolute atomic E-state index is 0.0152. The number of hydrogen-bond acceptors (Lipinski definition) is 5. The van der Waals surface area contributed by atoms with Crippen LogP contribution in [0.2, 0.25) is 0 Å². The molecule has 0 unspecified atom stereocenters. The number of carbonyl (C=O) groups is 2. The monoisotopic (exact) mass is 430 g/mol. The summed E-state index contributed by atoms with van der Waals surface area (Å²) in [6, 6.07) is 17.6. The van der Waals surface area contributed by atoms with Gasteiger partial charge in [-0.3, -0.25) is 9.59 Å². The normalized spacial score (nSPS) is 19.5. The van der Waals surface area contributed by atoms with Crippen LogP contribution in [-0.2, 0) is 9.59 Å². The molecule has 0 radical (unpaired) electrons. The summed E-state index contributed by atoms with van der Waals surface area (Å²) < 4.78 is 5.52. The van der Waals surface area contributed by atoms with E-state index in [1.54, 1.807) is 4.90 Å². The molecule has 7 nitrogen and oxygen atoms in total. The molecule has 0 aliphatic carbocycles. The Labute approximate surface area is 187 Å². The first-order valence-corrected chi connectivity index (χ1v) is 11.1. The van der Waals surface area contributed by atoms with Gasteiger partial charge in [0.25, 0.3) is 0 Å². The standard InChI is InChI=1S/C25H26N4O3/c1-17-7-9-21(10-8-17)29-16-20(15-22(29)30)25(31)28-13-11-19(12-14-28)24-26-23(27-32-24)18-5-3-2-4-6-18/h2-10,19-20H,11-16H2,1H3/t20-/m1/s1. The number of piperidine rings is 1. The summed E-state index contributed by atoms with van der Waals surface area (Å²) in [5.41, 5.74) is 2.94. The first kappa shape index (κ1) is 20.4. The van der Waals surface area contributed by atoms with Crippen molar-refractivity contribution < 1.29 is 14.1 Å². The lowest BCUT2D eigenvalue weighted by Crippen LogP contribution is -2.42. The molecule has 164 valence electrons. The van der Waals surface area contributed by atoms with Crippen molar-refractivity contribution in [2.75, 3.05) is 24.5 Å². The Morgan fingerprint density at radius 2 is 1.75 bits per heavy atom. The van der Waals surface area contributed by atoms with E-state index in [1.807, 2.05) is 66.4 Å². The predicted octanol–water partition coefficient (Wildman–Crippen LogP) is 3.80. The number of likely N-dealkylation sites (tertiary alicyclic amines) is 1.